The number of amides is 1. The van der Waals surface area contributed by atoms with E-state index in [4.69, 9.17) is 0 Å². The van der Waals surface area contributed by atoms with E-state index in [2.05, 4.69) is 26.0 Å². The Labute approximate surface area is 107 Å². The molecule has 0 aromatic rings. The van der Waals surface area contributed by atoms with Crippen LogP contribution < -0.4 is 5.32 Å². The SMILES string of the molecule is CC(C)C(CBr)NC(=O)CCOCC(F)(F)F. The highest BCUT2D eigenvalue weighted by Gasteiger charge is 2.27. The second-order valence-corrected chi connectivity index (χ2v) is 4.64. The summed E-state index contributed by atoms with van der Waals surface area (Å²) >= 11 is 3.26. The largest absolute Gasteiger partial charge is 0.411 e. The number of rotatable bonds is 7. The van der Waals surface area contributed by atoms with Gasteiger partial charge in [0, 0.05) is 17.8 Å². The number of hydrogen-bond donors (Lipinski definition) is 1. The van der Waals surface area contributed by atoms with E-state index in [-0.39, 0.29) is 30.9 Å². The second kappa shape index (κ2) is 7.92. The average molecular weight is 320 g/mol. The predicted octanol–water partition coefficient (Wildman–Crippen LogP) is 2.49. The number of halogens is 4. The molecule has 0 fully saturated rings. The molecule has 0 rings (SSSR count). The van der Waals surface area contributed by atoms with Crippen LogP contribution in [0.5, 0.6) is 0 Å². The Morgan fingerprint density at radius 1 is 1.41 bits per heavy atom. The average Bonchev–Trinajstić information content (AvgIpc) is 2.19. The highest BCUT2D eigenvalue weighted by Crippen LogP contribution is 2.14. The van der Waals surface area contributed by atoms with Gasteiger partial charge >= 0.3 is 6.18 Å². The van der Waals surface area contributed by atoms with Crippen LogP contribution in [-0.4, -0.2) is 36.7 Å². The zero-order chi connectivity index (χ0) is 13.5. The molecule has 102 valence electrons. The van der Waals surface area contributed by atoms with E-state index in [1.165, 1.54) is 0 Å². The molecule has 0 aromatic heterocycles. The number of hydrogen-bond acceptors (Lipinski definition) is 2. The van der Waals surface area contributed by atoms with Crippen molar-refractivity contribution in [3.63, 3.8) is 0 Å². The van der Waals surface area contributed by atoms with Gasteiger partial charge in [0.15, 0.2) is 0 Å². The van der Waals surface area contributed by atoms with Crippen molar-refractivity contribution in [2.45, 2.75) is 32.5 Å². The molecule has 17 heavy (non-hydrogen) atoms. The van der Waals surface area contributed by atoms with E-state index >= 15 is 0 Å². The molecule has 1 N–H and O–H groups in total. The van der Waals surface area contributed by atoms with E-state index in [9.17, 15) is 18.0 Å². The van der Waals surface area contributed by atoms with Crippen molar-refractivity contribution < 1.29 is 22.7 Å². The third kappa shape index (κ3) is 9.41. The lowest BCUT2D eigenvalue weighted by Gasteiger charge is -2.19. The van der Waals surface area contributed by atoms with Gasteiger partial charge in [-0.15, -0.1) is 0 Å². The van der Waals surface area contributed by atoms with E-state index in [0.717, 1.165) is 0 Å². The standard InChI is InChI=1S/C10H17BrF3NO2/c1-7(2)8(5-11)15-9(16)3-4-17-6-10(12,13)14/h7-8H,3-6H2,1-2H3,(H,15,16). The quantitative estimate of drug-likeness (QED) is 0.578. The van der Waals surface area contributed by atoms with Crippen LogP contribution >= 0.6 is 15.9 Å². The van der Waals surface area contributed by atoms with E-state index in [1.54, 1.807) is 0 Å². The van der Waals surface area contributed by atoms with E-state index < -0.39 is 12.8 Å². The second-order valence-electron chi connectivity index (χ2n) is 3.99. The van der Waals surface area contributed by atoms with Gasteiger partial charge in [0.1, 0.15) is 6.61 Å². The number of nitrogens with one attached hydrogen (secondary N) is 1. The maximum Gasteiger partial charge on any atom is 0.411 e. The summed E-state index contributed by atoms with van der Waals surface area (Å²) in [6, 6.07) is -0.0230. The van der Waals surface area contributed by atoms with Crippen LogP contribution in [0, 0.1) is 5.92 Å². The summed E-state index contributed by atoms with van der Waals surface area (Å²) in [6.45, 7) is 2.36. The van der Waals surface area contributed by atoms with Crippen LogP contribution in [-0.2, 0) is 9.53 Å². The topological polar surface area (TPSA) is 38.3 Å². The highest BCUT2D eigenvalue weighted by molar-refractivity contribution is 9.09. The van der Waals surface area contributed by atoms with Crippen LogP contribution in [0.1, 0.15) is 20.3 Å². The first-order chi connectivity index (χ1) is 7.76. The smallest absolute Gasteiger partial charge is 0.372 e. The van der Waals surface area contributed by atoms with Gasteiger partial charge in [0.25, 0.3) is 0 Å². The number of alkyl halides is 4. The van der Waals surface area contributed by atoms with Gasteiger partial charge in [-0.1, -0.05) is 29.8 Å². The zero-order valence-corrected chi connectivity index (χ0v) is 11.4. The lowest BCUT2D eigenvalue weighted by molar-refractivity contribution is -0.174. The van der Waals surface area contributed by atoms with Gasteiger partial charge in [0.2, 0.25) is 5.91 Å². The molecule has 0 aliphatic rings. The molecule has 0 bridgehead atoms. The highest BCUT2D eigenvalue weighted by atomic mass is 79.9. The van der Waals surface area contributed by atoms with Crippen molar-refractivity contribution in [1.29, 1.82) is 0 Å². The maximum absolute atomic E-state index is 11.7. The first-order valence-electron chi connectivity index (χ1n) is 5.26. The molecule has 0 radical (unpaired) electrons. The Balaban J connectivity index is 3.73. The molecule has 1 unspecified atom stereocenters. The van der Waals surface area contributed by atoms with Crippen LogP contribution in [0.3, 0.4) is 0 Å². The number of ether oxygens (including phenoxy) is 1. The Hall–Kier alpha value is -0.300. The summed E-state index contributed by atoms with van der Waals surface area (Å²) in [5.74, 6) is -0.0419. The zero-order valence-electron chi connectivity index (χ0n) is 9.81. The van der Waals surface area contributed by atoms with Crippen molar-refractivity contribution >= 4 is 21.8 Å². The molecule has 1 atom stereocenters. The van der Waals surface area contributed by atoms with Crippen molar-refractivity contribution in [3.8, 4) is 0 Å². The van der Waals surface area contributed by atoms with Crippen molar-refractivity contribution in [2.24, 2.45) is 5.92 Å². The first kappa shape index (κ1) is 16.7. The Morgan fingerprint density at radius 2 is 2.00 bits per heavy atom. The fourth-order valence-corrected chi connectivity index (χ4v) is 1.92. The molecule has 0 aliphatic heterocycles. The number of carbonyl (C=O) groups is 1. The van der Waals surface area contributed by atoms with Gasteiger partial charge in [-0.25, -0.2) is 0 Å². The van der Waals surface area contributed by atoms with E-state index in [0.29, 0.717) is 5.33 Å². The minimum Gasteiger partial charge on any atom is -0.372 e. The summed E-state index contributed by atoms with van der Waals surface area (Å²) in [5, 5.41) is 3.33. The summed E-state index contributed by atoms with van der Waals surface area (Å²) in [4.78, 5) is 11.3. The summed E-state index contributed by atoms with van der Waals surface area (Å²) in [6.07, 6.45) is -4.40. The molecule has 0 aliphatic carbocycles. The summed E-state index contributed by atoms with van der Waals surface area (Å²) in [5.41, 5.74) is 0. The molecule has 1 amide bonds. The lowest BCUT2D eigenvalue weighted by atomic mass is 10.1. The van der Waals surface area contributed by atoms with Crippen LogP contribution in [0.4, 0.5) is 13.2 Å². The van der Waals surface area contributed by atoms with Crippen molar-refractivity contribution in [2.75, 3.05) is 18.5 Å². The van der Waals surface area contributed by atoms with Crippen molar-refractivity contribution in [3.05, 3.63) is 0 Å². The molecular weight excluding hydrogens is 303 g/mol. The Bertz CT molecular complexity index is 234. The van der Waals surface area contributed by atoms with Crippen LogP contribution in [0.25, 0.3) is 0 Å². The normalized spacial score (nSPS) is 13.8. The lowest BCUT2D eigenvalue weighted by Crippen LogP contribution is -2.40. The van der Waals surface area contributed by atoms with E-state index in [1.807, 2.05) is 13.8 Å². The first-order valence-corrected chi connectivity index (χ1v) is 6.38. The number of carbonyl (C=O) groups excluding carboxylic acids is 1. The predicted molar refractivity (Wildman–Crippen MR) is 62.1 cm³/mol. The van der Waals surface area contributed by atoms with Gasteiger partial charge in [-0.05, 0) is 5.92 Å². The Morgan fingerprint density at radius 3 is 2.41 bits per heavy atom. The maximum atomic E-state index is 11.7. The van der Waals surface area contributed by atoms with Gasteiger partial charge < -0.3 is 10.1 Å². The van der Waals surface area contributed by atoms with Crippen LogP contribution in [0.15, 0.2) is 0 Å². The molecular formula is C10H17BrF3NO2. The van der Waals surface area contributed by atoms with Gasteiger partial charge in [-0.2, -0.15) is 13.2 Å². The molecule has 0 saturated heterocycles. The van der Waals surface area contributed by atoms with Gasteiger partial charge in [0.05, 0.1) is 6.61 Å². The molecule has 7 heteroatoms. The Kier molecular flexibility index (Phi) is 7.78. The fourth-order valence-electron chi connectivity index (χ4n) is 1.02. The molecule has 0 spiro atoms. The minimum atomic E-state index is -4.34. The molecule has 0 heterocycles. The summed E-state index contributed by atoms with van der Waals surface area (Å²) in [7, 11) is 0. The molecule has 0 aromatic carbocycles. The third-order valence-electron chi connectivity index (χ3n) is 2.06. The van der Waals surface area contributed by atoms with Gasteiger partial charge in [-0.3, -0.25) is 4.79 Å². The minimum absolute atomic E-state index is 0.0230. The monoisotopic (exact) mass is 319 g/mol. The van der Waals surface area contributed by atoms with Crippen LogP contribution in [0.2, 0.25) is 0 Å². The van der Waals surface area contributed by atoms with Crippen molar-refractivity contribution in [1.82, 2.24) is 5.32 Å². The molecule has 3 nitrogen and oxygen atoms in total. The molecule has 0 saturated carbocycles. The third-order valence-corrected chi connectivity index (χ3v) is 2.75. The summed E-state index contributed by atoms with van der Waals surface area (Å²) < 4.78 is 39.5. The fraction of sp³-hybridized carbons (Fsp3) is 0.900.